The molecule has 116 valence electrons. The van der Waals surface area contributed by atoms with Gasteiger partial charge in [0.25, 0.3) is 0 Å². The Kier molecular flexibility index (Phi) is 6.74. The van der Waals surface area contributed by atoms with E-state index in [1.807, 2.05) is 6.92 Å². The topological polar surface area (TPSA) is 49.4 Å². The fraction of sp³-hybridized carbons (Fsp3) is 0.333. The van der Waals surface area contributed by atoms with Crippen LogP contribution in [0, 0.1) is 5.82 Å². The third-order valence-electron chi connectivity index (χ3n) is 2.86. The highest BCUT2D eigenvalue weighted by Crippen LogP contribution is 2.21. The second-order valence-corrected chi connectivity index (χ2v) is 6.35. The quantitative estimate of drug-likeness (QED) is 0.712. The van der Waals surface area contributed by atoms with E-state index in [-0.39, 0.29) is 18.0 Å². The predicted molar refractivity (Wildman–Crippen MR) is 82.9 cm³/mol. The molecule has 0 aliphatic carbocycles. The molecule has 0 heterocycles. The van der Waals surface area contributed by atoms with Gasteiger partial charge in [-0.05, 0) is 24.2 Å². The predicted octanol–water partition coefficient (Wildman–Crippen LogP) is 2.30. The summed E-state index contributed by atoms with van der Waals surface area (Å²) >= 11 is 0. The fourth-order valence-electron chi connectivity index (χ4n) is 1.82. The second-order valence-electron chi connectivity index (χ2n) is 4.44. The van der Waals surface area contributed by atoms with Crippen molar-refractivity contribution < 1.29 is 12.8 Å². The molecule has 0 aromatic heterocycles. The van der Waals surface area contributed by atoms with Crippen LogP contribution < -0.4 is 5.32 Å². The van der Waals surface area contributed by atoms with Crippen molar-refractivity contribution in [3.63, 3.8) is 0 Å². The van der Waals surface area contributed by atoms with E-state index in [4.69, 9.17) is 0 Å². The van der Waals surface area contributed by atoms with Gasteiger partial charge >= 0.3 is 0 Å². The molecule has 1 aromatic rings. The summed E-state index contributed by atoms with van der Waals surface area (Å²) in [6.45, 7) is 10.4. The number of rotatable bonds is 9. The zero-order valence-corrected chi connectivity index (χ0v) is 13.0. The van der Waals surface area contributed by atoms with Crippen LogP contribution in [-0.4, -0.2) is 32.4 Å². The Bertz CT molecular complexity index is 590. The van der Waals surface area contributed by atoms with Gasteiger partial charge in [-0.2, -0.15) is 4.31 Å². The molecule has 1 aromatic carbocycles. The normalized spacial score (nSPS) is 11.6. The number of sulfonamides is 1. The Morgan fingerprint density at radius 1 is 1.29 bits per heavy atom. The molecule has 0 aliphatic rings. The molecule has 0 amide bonds. The Labute approximate surface area is 126 Å². The average molecular weight is 312 g/mol. The highest BCUT2D eigenvalue weighted by atomic mass is 32.2. The summed E-state index contributed by atoms with van der Waals surface area (Å²) in [6.07, 6.45) is 2.92. The molecule has 0 spiro atoms. The third kappa shape index (κ3) is 4.49. The van der Waals surface area contributed by atoms with Crippen molar-refractivity contribution in [1.29, 1.82) is 0 Å². The van der Waals surface area contributed by atoms with Crippen molar-refractivity contribution in [2.45, 2.75) is 18.4 Å². The molecule has 1 N–H and O–H groups in total. The van der Waals surface area contributed by atoms with Crippen molar-refractivity contribution in [3.8, 4) is 0 Å². The van der Waals surface area contributed by atoms with E-state index in [9.17, 15) is 12.8 Å². The molecule has 1 rings (SSSR count). The van der Waals surface area contributed by atoms with Crippen molar-refractivity contribution in [2.75, 3.05) is 19.6 Å². The SMILES string of the molecule is C=CCN(CC=C)S(=O)(=O)c1cc(CNCC)ccc1F. The lowest BCUT2D eigenvalue weighted by Gasteiger charge is -2.19. The zero-order valence-electron chi connectivity index (χ0n) is 12.2. The molecular formula is C15H21FN2O2S. The van der Waals surface area contributed by atoms with Crippen LogP contribution in [0.15, 0.2) is 48.4 Å². The van der Waals surface area contributed by atoms with Gasteiger partial charge in [-0.3, -0.25) is 0 Å². The van der Waals surface area contributed by atoms with Crippen molar-refractivity contribution in [3.05, 3.63) is 54.9 Å². The van der Waals surface area contributed by atoms with Crippen LogP contribution >= 0.6 is 0 Å². The number of benzene rings is 1. The summed E-state index contributed by atoms with van der Waals surface area (Å²) in [6, 6.07) is 4.12. The number of hydrogen-bond acceptors (Lipinski definition) is 3. The maximum absolute atomic E-state index is 14.0. The molecule has 0 bridgehead atoms. The highest BCUT2D eigenvalue weighted by molar-refractivity contribution is 7.89. The smallest absolute Gasteiger partial charge is 0.246 e. The maximum Gasteiger partial charge on any atom is 0.246 e. The van der Waals surface area contributed by atoms with E-state index in [1.54, 1.807) is 6.07 Å². The third-order valence-corrected chi connectivity index (χ3v) is 4.70. The first kappa shape index (κ1) is 17.6. The molecule has 21 heavy (non-hydrogen) atoms. The second kappa shape index (κ2) is 8.07. The molecule has 6 heteroatoms. The monoisotopic (exact) mass is 312 g/mol. The lowest BCUT2D eigenvalue weighted by atomic mass is 10.2. The molecule has 0 aliphatic heterocycles. The molecule has 0 saturated heterocycles. The van der Waals surface area contributed by atoms with Gasteiger partial charge in [0.1, 0.15) is 10.7 Å². The Balaban J connectivity index is 3.21. The summed E-state index contributed by atoms with van der Waals surface area (Å²) in [5.74, 6) is -0.756. The minimum atomic E-state index is -3.92. The van der Waals surface area contributed by atoms with Crippen molar-refractivity contribution in [1.82, 2.24) is 9.62 Å². The van der Waals surface area contributed by atoms with E-state index in [0.29, 0.717) is 12.1 Å². The van der Waals surface area contributed by atoms with Gasteiger partial charge in [0, 0.05) is 19.6 Å². The van der Waals surface area contributed by atoms with E-state index < -0.39 is 15.8 Å². The zero-order chi connectivity index (χ0) is 15.9. The largest absolute Gasteiger partial charge is 0.313 e. The Hall–Kier alpha value is -1.50. The standard InChI is InChI=1S/C15H21FN2O2S/c1-4-9-18(10-5-2)21(19,20)15-11-13(12-17-6-3)7-8-14(15)16/h4-5,7-8,11,17H,1-2,6,9-10,12H2,3H3. The van der Waals surface area contributed by atoms with Crippen LogP contribution in [0.2, 0.25) is 0 Å². The minimum Gasteiger partial charge on any atom is -0.313 e. The van der Waals surface area contributed by atoms with E-state index in [1.165, 1.54) is 24.3 Å². The molecule has 0 unspecified atom stereocenters. The van der Waals surface area contributed by atoms with Gasteiger partial charge in [-0.15, -0.1) is 13.2 Å². The molecule has 0 radical (unpaired) electrons. The molecule has 0 saturated carbocycles. The van der Waals surface area contributed by atoms with Gasteiger partial charge in [0.2, 0.25) is 10.0 Å². The van der Waals surface area contributed by atoms with Gasteiger partial charge in [0.05, 0.1) is 0 Å². The van der Waals surface area contributed by atoms with Crippen LogP contribution in [0.1, 0.15) is 12.5 Å². The van der Waals surface area contributed by atoms with E-state index >= 15 is 0 Å². The van der Waals surface area contributed by atoms with Crippen LogP contribution in [0.5, 0.6) is 0 Å². The highest BCUT2D eigenvalue weighted by Gasteiger charge is 2.26. The van der Waals surface area contributed by atoms with Crippen LogP contribution in [0.3, 0.4) is 0 Å². The van der Waals surface area contributed by atoms with Crippen LogP contribution in [-0.2, 0) is 16.6 Å². The maximum atomic E-state index is 14.0. The molecule has 4 nitrogen and oxygen atoms in total. The van der Waals surface area contributed by atoms with Crippen LogP contribution in [0.4, 0.5) is 4.39 Å². The van der Waals surface area contributed by atoms with Gasteiger partial charge in [0.15, 0.2) is 0 Å². The average Bonchev–Trinajstić information content (AvgIpc) is 2.46. The summed E-state index contributed by atoms with van der Waals surface area (Å²) in [4.78, 5) is -0.318. The lowest BCUT2D eigenvalue weighted by Crippen LogP contribution is -2.32. The molecule has 0 fully saturated rings. The summed E-state index contributed by atoms with van der Waals surface area (Å²) in [7, 11) is -3.92. The van der Waals surface area contributed by atoms with Gasteiger partial charge in [-0.1, -0.05) is 25.1 Å². The summed E-state index contributed by atoms with van der Waals surface area (Å²) in [5.41, 5.74) is 0.717. The summed E-state index contributed by atoms with van der Waals surface area (Å²) in [5, 5.41) is 3.08. The summed E-state index contributed by atoms with van der Waals surface area (Å²) < 4.78 is 40.1. The first-order valence-electron chi connectivity index (χ1n) is 6.68. The fourth-order valence-corrected chi connectivity index (χ4v) is 3.32. The molecule has 0 atom stereocenters. The van der Waals surface area contributed by atoms with Gasteiger partial charge in [-0.25, -0.2) is 12.8 Å². The first-order chi connectivity index (χ1) is 9.97. The Morgan fingerprint density at radius 3 is 2.43 bits per heavy atom. The number of nitrogens with zero attached hydrogens (tertiary/aromatic N) is 1. The Morgan fingerprint density at radius 2 is 1.90 bits per heavy atom. The molecular weight excluding hydrogens is 291 g/mol. The minimum absolute atomic E-state index is 0.102. The first-order valence-corrected chi connectivity index (χ1v) is 8.12. The van der Waals surface area contributed by atoms with Crippen LogP contribution in [0.25, 0.3) is 0 Å². The number of halogens is 1. The van der Waals surface area contributed by atoms with Crippen molar-refractivity contribution in [2.24, 2.45) is 0 Å². The van der Waals surface area contributed by atoms with Crippen molar-refractivity contribution >= 4 is 10.0 Å². The van der Waals surface area contributed by atoms with E-state index in [2.05, 4.69) is 18.5 Å². The van der Waals surface area contributed by atoms with Gasteiger partial charge < -0.3 is 5.32 Å². The lowest BCUT2D eigenvalue weighted by molar-refractivity contribution is 0.466. The number of hydrogen-bond donors (Lipinski definition) is 1. The number of nitrogens with one attached hydrogen (secondary N) is 1. The van der Waals surface area contributed by atoms with E-state index in [0.717, 1.165) is 10.8 Å².